The van der Waals surface area contributed by atoms with Gasteiger partial charge in [-0.2, -0.15) is 0 Å². The van der Waals surface area contributed by atoms with Crippen LogP contribution in [0, 0.1) is 5.82 Å². The van der Waals surface area contributed by atoms with Crippen LogP contribution in [0.2, 0.25) is 0 Å². The van der Waals surface area contributed by atoms with Gasteiger partial charge in [-0.25, -0.2) is 19.3 Å². The third kappa shape index (κ3) is 3.22. The van der Waals surface area contributed by atoms with Crippen molar-refractivity contribution < 1.29 is 4.39 Å². The molecule has 2 aromatic rings. The van der Waals surface area contributed by atoms with Gasteiger partial charge in [0, 0.05) is 37.9 Å². The van der Waals surface area contributed by atoms with Crippen LogP contribution in [0.25, 0.3) is 0 Å². The molecule has 0 amide bonds. The Hall–Kier alpha value is -2.12. The molecule has 2 aliphatic heterocycles. The molecule has 4 heterocycles. The van der Waals surface area contributed by atoms with Gasteiger partial charge in [-0.15, -0.1) is 0 Å². The number of rotatable bonds is 4. The maximum atomic E-state index is 12.8. The van der Waals surface area contributed by atoms with Crippen molar-refractivity contribution in [1.82, 2.24) is 24.8 Å². The van der Waals surface area contributed by atoms with Crippen molar-refractivity contribution in [1.29, 1.82) is 0 Å². The Bertz CT molecular complexity index is 675. The summed E-state index contributed by atoms with van der Waals surface area (Å²) < 4.78 is 12.8. The van der Waals surface area contributed by atoms with Crippen LogP contribution in [0.4, 0.5) is 16.2 Å². The van der Waals surface area contributed by atoms with E-state index < -0.39 is 5.82 Å². The molecule has 2 aliphatic rings. The lowest BCUT2D eigenvalue weighted by Gasteiger charge is -2.38. The Morgan fingerprint density at radius 3 is 2.42 bits per heavy atom. The molecule has 126 valence electrons. The zero-order valence-electron chi connectivity index (χ0n) is 13.7. The Morgan fingerprint density at radius 2 is 1.79 bits per heavy atom. The summed E-state index contributed by atoms with van der Waals surface area (Å²) in [5.74, 6) is 0.543. The first-order valence-electron chi connectivity index (χ1n) is 8.31. The number of halogens is 1. The minimum atomic E-state index is -0.454. The van der Waals surface area contributed by atoms with Crippen LogP contribution in [0.1, 0.15) is 18.4 Å². The molecule has 0 spiro atoms. The van der Waals surface area contributed by atoms with E-state index in [2.05, 4.69) is 43.2 Å². The molecule has 0 radical (unpaired) electrons. The van der Waals surface area contributed by atoms with E-state index in [0.717, 1.165) is 32.0 Å². The van der Waals surface area contributed by atoms with E-state index in [1.807, 2.05) is 12.3 Å². The summed E-state index contributed by atoms with van der Waals surface area (Å²) in [5, 5.41) is 2.97. The highest BCUT2D eigenvalue weighted by atomic mass is 19.1. The largest absolute Gasteiger partial charge is 0.309 e. The van der Waals surface area contributed by atoms with E-state index >= 15 is 0 Å². The summed E-state index contributed by atoms with van der Waals surface area (Å²) in [6.45, 7) is 3.20. The van der Waals surface area contributed by atoms with Crippen molar-refractivity contribution in [2.75, 3.05) is 25.5 Å². The van der Waals surface area contributed by atoms with Crippen molar-refractivity contribution in [2.45, 2.75) is 31.5 Å². The van der Waals surface area contributed by atoms with Gasteiger partial charge >= 0.3 is 0 Å². The third-order valence-corrected chi connectivity index (χ3v) is 5.01. The smallest absolute Gasteiger partial charge is 0.228 e. The molecule has 0 saturated carbocycles. The van der Waals surface area contributed by atoms with Crippen molar-refractivity contribution in [3.8, 4) is 0 Å². The standard InChI is InChI=1S/C17H21FN6/c1-23-14-3-4-15(23)11-24(10-14)9-12-2-5-16(19-6-12)22-17-20-7-13(18)8-21-17/h2,5-8,14-15H,3-4,9-11H2,1H3,(H,19,20,21,22). The Morgan fingerprint density at radius 1 is 1.08 bits per heavy atom. The van der Waals surface area contributed by atoms with E-state index in [9.17, 15) is 4.39 Å². The zero-order valence-corrected chi connectivity index (χ0v) is 13.7. The average Bonchev–Trinajstić information content (AvgIpc) is 2.81. The Kier molecular flexibility index (Phi) is 4.12. The maximum Gasteiger partial charge on any atom is 0.228 e. The van der Waals surface area contributed by atoms with Gasteiger partial charge in [-0.1, -0.05) is 6.07 Å². The molecule has 0 aromatic carbocycles. The van der Waals surface area contributed by atoms with Crippen molar-refractivity contribution >= 4 is 11.8 Å². The minimum Gasteiger partial charge on any atom is -0.309 e. The fraction of sp³-hybridized carbons (Fsp3) is 0.471. The highest BCUT2D eigenvalue weighted by Gasteiger charge is 2.37. The molecule has 2 atom stereocenters. The van der Waals surface area contributed by atoms with Crippen molar-refractivity contribution in [2.24, 2.45) is 0 Å². The van der Waals surface area contributed by atoms with Crippen LogP contribution < -0.4 is 5.32 Å². The van der Waals surface area contributed by atoms with Gasteiger partial charge in [0.15, 0.2) is 5.82 Å². The van der Waals surface area contributed by atoms with Crippen LogP contribution >= 0.6 is 0 Å². The van der Waals surface area contributed by atoms with Gasteiger partial charge in [0.25, 0.3) is 0 Å². The lowest BCUT2D eigenvalue weighted by atomic mass is 10.1. The maximum absolute atomic E-state index is 12.8. The van der Waals surface area contributed by atoms with Gasteiger partial charge in [0.2, 0.25) is 5.95 Å². The number of hydrogen-bond donors (Lipinski definition) is 1. The molecule has 24 heavy (non-hydrogen) atoms. The van der Waals surface area contributed by atoms with Gasteiger partial charge in [-0.05, 0) is 31.5 Å². The average molecular weight is 328 g/mol. The van der Waals surface area contributed by atoms with E-state index in [1.54, 1.807) is 0 Å². The summed E-state index contributed by atoms with van der Waals surface area (Å²) >= 11 is 0. The predicted molar refractivity (Wildman–Crippen MR) is 89.4 cm³/mol. The van der Waals surface area contributed by atoms with E-state index in [-0.39, 0.29) is 0 Å². The molecule has 2 saturated heterocycles. The van der Waals surface area contributed by atoms with E-state index in [1.165, 1.54) is 18.4 Å². The fourth-order valence-electron chi connectivity index (χ4n) is 3.67. The van der Waals surface area contributed by atoms with Gasteiger partial charge in [0.1, 0.15) is 5.82 Å². The second kappa shape index (κ2) is 6.41. The monoisotopic (exact) mass is 328 g/mol. The van der Waals surface area contributed by atoms with Crippen molar-refractivity contribution in [3.05, 3.63) is 42.1 Å². The van der Waals surface area contributed by atoms with E-state index in [0.29, 0.717) is 23.8 Å². The minimum absolute atomic E-state index is 0.340. The van der Waals surface area contributed by atoms with Crippen molar-refractivity contribution in [3.63, 3.8) is 0 Å². The number of fused-ring (bicyclic) bond motifs is 2. The SMILES string of the molecule is CN1C2CCC1CN(Cc1ccc(Nc3ncc(F)cn3)nc1)C2. The normalized spacial score (nSPS) is 24.2. The van der Waals surface area contributed by atoms with Crippen LogP contribution in [0.3, 0.4) is 0 Å². The molecule has 1 N–H and O–H groups in total. The fourth-order valence-corrected chi connectivity index (χ4v) is 3.67. The number of aromatic nitrogens is 3. The summed E-state index contributed by atoms with van der Waals surface area (Å²) in [4.78, 5) is 17.2. The molecule has 6 nitrogen and oxygen atoms in total. The number of anilines is 2. The molecule has 0 aliphatic carbocycles. The topological polar surface area (TPSA) is 57.2 Å². The number of piperazine rings is 1. The third-order valence-electron chi connectivity index (χ3n) is 5.01. The molecule has 2 aromatic heterocycles. The lowest BCUT2D eigenvalue weighted by Crippen LogP contribution is -2.51. The molecule has 2 fully saturated rings. The number of nitrogens with one attached hydrogen (secondary N) is 1. The first kappa shape index (κ1) is 15.4. The highest BCUT2D eigenvalue weighted by Crippen LogP contribution is 2.29. The second-order valence-electron chi connectivity index (χ2n) is 6.65. The molecule has 2 bridgehead atoms. The zero-order chi connectivity index (χ0) is 16.5. The van der Waals surface area contributed by atoms with Crippen LogP contribution in [-0.4, -0.2) is 57.0 Å². The first-order valence-corrected chi connectivity index (χ1v) is 8.31. The van der Waals surface area contributed by atoms with Gasteiger partial charge < -0.3 is 5.32 Å². The second-order valence-corrected chi connectivity index (χ2v) is 6.65. The van der Waals surface area contributed by atoms with Crippen LogP contribution in [0.15, 0.2) is 30.7 Å². The van der Waals surface area contributed by atoms with Crippen LogP contribution in [0.5, 0.6) is 0 Å². The summed E-state index contributed by atoms with van der Waals surface area (Å²) in [7, 11) is 2.25. The van der Waals surface area contributed by atoms with E-state index in [4.69, 9.17) is 0 Å². The number of likely N-dealkylation sites (N-methyl/N-ethyl adjacent to an activating group) is 1. The molecule has 7 heteroatoms. The first-order chi connectivity index (χ1) is 11.7. The summed E-state index contributed by atoms with van der Waals surface area (Å²) in [5.41, 5.74) is 1.20. The Balaban J connectivity index is 1.37. The summed E-state index contributed by atoms with van der Waals surface area (Å²) in [6, 6.07) is 5.38. The number of nitrogens with zero attached hydrogens (tertiary/aromatic N) is 5. The van der Waals surface area contributed by atoms with Gasteiger partial charge in [-0.3, -0.25) is 9.80 Å². The quantitative estimate of drug-likeness (QED) is 0.927. The molecular formula is C17H21FN6. The Labute approximate surface area is 140 Å². The number of hydrogen-bond acceptors (Lipinski definition) is 6. The predicted octanol–water partition coefficient (Wildman–Crippen LogP) is 2.03. The molecule has 4 rings (SSSR count). The van der Waals surface area contributed by atoms with Gasteiger partial charge in [0.05, 0.1) is 12.4 Å². The highest BCUT2D eigenvalue weighted by molar-refractivity contribution is 5.47. The summed E-state index contributed by atoms with van der Waals surface area (Å²) in [6.07, 6.45) is 6.77. The number of pyridine rings is 1. The van der Waals surface area contributed by atoms with Crippen LogP contribution in [-0.2, 0) is 6.54 Å². The number of likely N-dealkylation sites (tertiary alicyclic amines) is 1. The molecule has 2 unspecified atom stereocenters. The molecular weight excluding hydrogens is 307 g/mol. The lowest BCUT2D eigenvalue weighted by molar-refractivity contribution is 0.0837.